The van der Waals surface area contributed by atoms with Gasteiger partial charge in [-0.05, 0) is 55.4 Å². The van der Waals surface area contributed by atoms with Crippen molar-refractivity contribution in [3.05, 3.63) is 76.0 Å². The van der Waals surface area contributed by atoms with Crippen LogP contribution in [0, 0.1) is 10.1 Å². The van der Waals surface area contributed by atoms with Gasteiger partial charge in [0, 0.05) is 36.5 Å². The van der Waals surface area contributed by atoms with Crippen molar-refractivity contribution < 1.29 is 19.2 Å². The van der Waals surface area contributed by atoms with E-state index >= 15 is 0 Å². The van der Waals surface area contributed by atoms with E-state index in [1.165, 1.54) is 12.1 Å². The zero-order chi connectivity index (χ0) is 23.4. The molecule has 1 amide bonds. The minimum atomic E-state index is -0.524. The highest BCUT2D eigenvalue weighted by atomic mass is 32.1. The lowest BCUT2D eigenvalue weighted by atomic mass is 10.1. The first-order valence-corrected chi connectivity index (χ1v) is 10.8. The van der Waals surface area contributed by atoms with Crippen LogP contribution in [-0.2, 0) is 6.61 Å². The molecule has 170 valence electrons. The number of carbonyl (C=O) groups excluding carboxylic acids is 1. The van der Waals surface area contributed by atoms with Crippen LogP contribution in [0.25, 0.3) is 11.3 Å². The number of thiocarbonyl (C=S) groups is 1. The predicted octanol–water partition coefficient (Wildman–Crippen LogP) is 4.07. The number of amides is 1. The van der Waals surface area contributed by atoms with Crippen LogP contribution in [0.15, 0.2) is 59.0 Å². The van der Waals surface area contributed by atoms with Crippen molar-refractivity contribution in [2.45, 2.75) is 19.4 Å². The highest BCUT2D eigenvalue weighted by Gasteiger charge is 2.23. The van der Waals surface area contributed by atoms with Gasteiger partial charge in [-0.15, -0.1) is 0 Å². The third-order valence-corrected chi connectivity index (χ3v) is 5.54. The number of non-ortho nitro benzene ring substituents is 1. The zero-order valence-electron chi connectivity index (χ0n) is 17.6. The largest absolute Gasteiger partial charge is 0.459 e. The summed E-state index contributed by atoms with van der Waals surface area (Å²) in [4.78, 5) is 25.8. The van der Waals surface area contributed by atoms with Crippen molar-refractivity contribution in [2.24, 2.45) is 0 Å². The van der Waals surface area contributed by atoms with E-state index < -0.39 is 10.8 Å². The van der Waals surface area contributed by atoms with Crippen molar-refractivity contribution in [2.75, 3.05) is 23.3 Å². The number of nitro benzene ring substituents is 1. The molecule has 0 unspecified atom stereocenters. The highest BCUT2D eigenvalue weighted by molar-refractivity contribution is 7.80. The Kier molecular flexibility index (Phi) is 6.66. The monoisotopic (exact) mass is 466 g/mol. The Labute approximate surface area is 195 Å². The fourth-order valence-corrected chi connectivity index (χ4v) is 3.96. The molecule has 0 bridgehead atoms. The molecule has 1 saturated heterocycles. The molecule has 10 heteroatoms. The lowest BCUT2D eigenvalue weighted by molar-refractivity contribution is -0.384. The molecule has 4 rings (SSSR count). The van der Waals surface area contributed by atoms with E-state index in [1.807, 2.05) is 11.0 Å². The summed E-state index contributed by atoms with van der Waals surface area (Å²) in [6.07, 6.45) is 2.01. The molecule has 3 aromatic rings. The first-order chi connectivity index (χ1) is 15.9. The summed E-state index contributed by atoms with van der Waals surface area (Å²) in [5.41, 5.74) is 2.09. The third-order valence-electron chi connectivity index (χ3n) is 5.33. The Hall–Kier alpha value is -3.76. The summed E-state index contributed by atoms with van der Waals surface area (Å²) in [5.74, 6) is 0.522. The van der Waals surface area contributed by atoms with E-state index in [1.54, 1.807) is 36.4 Å². The second-order valence-corrected chi connectivity index (χ2v) is 7.97. The Balaban J connectivity index is 1.50. The smallest absolute Gasteiger partial charge is 0.270 e. The molecule has 0 aliphatic carbocycles. The van der Waals surface area contributed by atoms with Crippen LogP contribution in [-0.4, -0.2) is 34.1 Å². The van der Waals surface area contributed by atoms with E-state index in [4.69, 9.17) is 16.6 Å². The number of hydrogen-bond donors (Lipinski definition) is 3. The number of hydrogen-bond acceptors (Lipinski definition) is 7. The van der Waals surface area contributed by atoms with Gasteiger partial charge >= 0.3 is 0 Å². The van der Waals surface area contributed by atoms with Gasteiger partial charge in [0.15, 0.2) is 5.11 Å². The number of carbonyl (C=O) groups is 1. The molecule has 1 aromatic heterocycles. The number of nitrogens with zero attached hydrogens (tertiary/aromatic N) is 2. The standard InChI is InChI=1S/C23H22N4O5S/c28-14-18-7-9-21(32-18)15-4-3-5-16(12-15)24-23(33)25-22(29)19-13-17(27(30)31)6-8-20(19)26-10-1-2-11-26/h3-9,12-13,28H,1-2,10-11,14H2,(H2,24,25,29,33). The minimum Gasteiger partial charge on any atom is -0.459 e. The van der Waals surface area contributed by atoms with Crippen LogP contribution in [0.2, 0.25) is 0 Å². The Bertz CT molecular complexity index is 1200. The maximum Gasteiger partial charge on any atom is 0.270 e. The van der Waals surface area contributed by atoms with Crippen molar-refractivity contribution in [1.29, 1.82) is 0 Å². The first-order valence-electron chi connectivity index (χ1n) is 10.4. The van der Waals surface area contributed by atoms with Crippen molar-refractivity contribution in [1.82, 2.24) is 5.32 Å². The average Bonchev–Trinajstić information content (AvgIpc) is 3.51. The molecule has 33 heavy (non-hydrogen) atoms. The summed E-state index contributed by atoms with van der Waals surface area (Å²) < 4.78 is 5.55. The summed E-state index contributed by atoms with van der Waals surface area (Å²) >= 11 is 5.31. The first kappa shape index (κ1) is 22.4. The molecule has 0 spiro atoms. The van der Waals surface area contributed by atoms with Gasteiger partial charge in [0.1, 0.15) is 18.1 Å². The van der Waals surface area contributed by atoms with E-state index in [0.29, 0.717) is 22.9 Å². The predicted molar refractivity (Wildman–Crippen MR) is 128 cm³/mol. The molecule has 1 aliphatic heterocycles. The van der Waals surface area contributed by atoms with E-state index in [9.17, 15) is 20.0 Å². The number of aliphatic hydroxyl groups excluding tert-OH is 1. The van der Waals surface area contributed by atoms with Crippen LogP contribution in [0.4, 0.5) is 17.1 Å². The zero-order valence-corrected chi connectivity index (χ0v) is 18.4. The van der Waals surface area contributed by atoms with Crippen LogP contribution in [0.3, 0.4) is 0 Å². The second-order valence-electron chi connectivity index (χ2n) is 7.57. The summed E-state index contributed by atoms with van der Waals surface area (Å²) in [5, 5.41) is 26.1. The van der Waals surface area contributed by atoms with Gasteiger partial charge in [0.05, 0.1) is 16.2 Å². The fourth-order valence-electron chi connectivity index (χ4n) is 3.75. The molecule has 1 fully saturated rings. The van der Waals surface area contributed by atoms with E-state index in [-0.39, 0.29) is 23.0 Å². The maximum absolute atomic E-state index is 13.0. The SMILES string of the molecule is O=C(NC(=S)Nc1cccc(-c2ccc(CO)o2)c1)c1cc([N+](=O)[O-])ccc1N1CCCC1. The molecule has 1 aliphatic rings. The van der Waals surface area contributed by atoms with Crippen molar-refractivity contribution in [3.8, 4) is 11.3 Å². The quantitative estimate of drug-likeness (QED) is 0.282. The summed E-state index contributed by atoms with van der Waals surface area (Å²) in [6, 6.07) is 15.0. The Morgan fingerprint density at radius 3 is 2.64 bits per heavy atom. The Morgan fingerprint density at radius 2 is 1.94 bits per heavy atom. The van der Waals surface area contributed by atoms with E-state index in [2.05, 4.69) is 10.6 Å². The van der Waals surface area contributed by atoms with E-state index in [0.717, 1.165) is 31.5 Å². The highest BCUT2D eigenvalue weighted by Crippen LogP contribution is 2.29. The van der Waals surface area contributed by atoms with Crippen LogP contribution < -0.4 is 15.5 Å². The van der Waals surface area contributed by atoms with Crippen molar-refractivity contribution >= 4 is 40.3 Å². The molecular weight excluding hydrogens is 444 g/mol. The minimum absolute atomic E-state index is 0.0616. The molecule has 3 N–H and O–H groups in total. The third kappa shape index (κ3) is 5.18. The van der Waals surface area contributed by atoms with Crippen LogP contribution in [0.1, 0.15) is 29.0 Å². The topological polar surface area (TPSA) is 121 Å². The Morgan fingerprint density at radius 1 is 1.15 bits per heavy atom. The number of rotatable bonds is 6. The number of anilines is 2. The van der Waals surface area contributed by atoms with Crippen molar-refractivity contribution in [3.63, 3.8) is 0 Å². The number of benzene rings is 2. The number of aliphatic hydroxyl groups is 1. The maximum atomic E-state index is 13.0. The van der Waals surface area contributed by atoms with Gasteiger partial charge in [-0.3, -0.25) is 20.2 Å². The molecule has 2 heterocycles. The van der Waals surface area contributed by atoms with Gasteiger partial charge in [0.25, 0.3) is 11.6 Å². The number of nitro groups is 1. The number of nitrogens with one attached hydrogen (secondary N) is 2. The molecular formula is C23H22N4O5S. The van der Waals surface area contributed by atoms with Gasteiger partial charge in [-0.25, -0.2) is 0 Å². The van der Waals surface area contributed by atoms with Gasteiger partial charge in [-0.1, -0.05) is 12.1 Å². The fraction of sp³-hybridized carbons (Fsp3) is 0.217. The lowest BCUT2D eigenvalue weighted by Gasteiger charge is -2.21. The molecule has 9 nitrogen and oxygen atoms in total. The number of furan rings is 1. The summed E-state index contributed by atoms with van der Waals surface area (Å²) in [7, 11) is 0. The van der Waals surface area contributed by atoms with Gasteiger partial charge < -0.3 is 19.7 Å². The van der Waals surface area contributed by atoms with Crippen LogP contribution >= 0.6 is 12.2 Å². The normalized spacial score (nSPS) is 13.1. The van der Waals surface area contributed by atoms with Crippen LogP contribution in [0.5, 0.6) is 0 Å². The van der Waals surface area contributed by atoms with Gasteiger partial charge in [-0.2, -0.15) is 0 Å². The van der Waals surface area contributed by atoms with Gasteiger partial charge in [0.2, 0.25) is 0 Å². The second kappa shape index (κ2) is 9.80. The molecule has 2 aromatic carbocycles. The molecule has 0 radical (unpaired) electrons. The lowest BCUT2D eigenvalue weighted by Crippen LogP contribution is -2.35. The summed E-state index contributed by atoms with van der Waals surface area (Å²) in [6.45, 7) is 1.39. The molecule has 0 saturated carbocycles. The molecule has 0 atom stereocenters. The average molecular weight is 467 g/mol.